The molecule has 5 heteroatoms. The third-order valence-electron chi connectivity index (χ3n) is 4.13. The van der Waals surface area contributed by atoms with Crippen molar-refractivity contribution < 1.29 is 14.5 Å². The van der Waals surface area contributed by atoms with Gasteiger partial charge in [-0.3, -0.25) is 0 Å². The highest BCUT2D eigenvalue weighted by atomic mass is 28.4. The van der Waals surface area contributed by atoms with Crippen molar-refractivity contribution in [1.82, 2.24) is 0 Å². The van der Waals surface area contributed by atoms with Crippen LogP contribution in [0.15, 0.2) is 24.3 Å². The van der Waals surface area contributed by atoms with Gasteiger partial charge in [0.2, 0.25) is 0 Å². The molecule has 0 unspecified atom stereocenters. The predicted octanol–water partition coefficient (Wildman–Crippen LogP) is 2.32. The molecule has 1 rings (SSSR count). The molecule has 0 atom stereocenters. The van der Waals surface area contributed by atoms with Crippen LogP contribution < -0.4 is 5.46 Å². The van der Waals surface area contributed by atoms with Crippen LogP contribution in [0.2, 0.25) is 18.1 Å². The van der Waals surface area contributed by atoms with E-state index in [0.717, 1.165) is 25.0 Å². The predicted molar refractivity (Wildman–Crippen MR) is 87.7 cm³/mol. The number of rotatable bonds is 6. The van der Waals surface area contributed by atoms with Crippen molar-refractivity contribution in [3.05, 3.63) is 29.8 Å². The lowest BCUT2D eigenvalue weighted by atomic mass is 9.79. The Balaban J connectivity index is 2.44. The molecule has 0 saturated carbocycles. The minimum Gasteiger partial charge on any atom is -0.423 e. The summed E-state index contributed by atoms with van der Waals surface area (Å²) in [6.07, 6.45) is 1.85. The summed E-state index contributed by atoms with van der Waals surface area (Å²) in [6, 6.07) is 7.44. The van der Waals surface area contributed by atoms with Gasteiger partial charge in [0.05, 0.1) is 0 Å². The number of benzene rings is 1. The highest BCUT2D eigenvalue weighted by molar-refractivity contribution is 6.74. The quantitative estimate of drug-likeness (QED) is 0.625. The van der Waals surface area contributed by atoms with Gasteiger partial charge in [-0.2, -0.15) is 0 Å². The molecule has 0 aromatic heterocycles. The van der Waals surface area contributed by atoms with Crippen LogP contribution >= 0.6 is 0 Å². The zero-order valence-corrected chi connectivity index (χ0v) is 14.3. The monoisotopic (exact) mass is 294 g/mol. The van der Waals surface area contributed by atoms with Crippen LogP contribution in [0.25, 0.3) is 0 Å². The topological polar surface area (TPSA) is 49.7 Å². The maximum absolute atomic E-state index is 9.15. The molecule has 0 fully saturated rings. The van der Waals surface area contributed by atoms with E-state index >= 15 is 0 Å². The summed E-state index contributed by atoms with van der Waals surface area (Å²) in [6.45, 7) is 12.0. The molecule has 0 amide bonds. The summed E-state index contributed by atoms with van der Waals surface area (Å²) < 4.78 is 6.13. The molecular formula is C15H27BO3Si. The van der Waals surface area contributed by atoms with Crippen molar-refractivity contribution in [2.45, 2.75) is 51.7 Å². The second-order valence-corrected chi connectivity index (χ2v) is 11.6. The van der Waals surface area contributed by atoms with Crippen LogP contribution in [-0.4, -0.2) is 32.1 Å². The van der Waals surface area contributed by atoms with Crippen LogP contribution in [0.5, 0.6) is 0 Å². The SMILES string of the molecule is CC(C)(C)[Si](C)(C)OCCCc1cccc(B(O)O)c1. The van der Waals surface area contributed by atoms with Crippen molar-refractivity contribution in [3.63, 3.8) is 0 Å². The van der Waals surface area contributed by atoms with Crippen molar-refractivity contribution in [3.8, 4) is 0 Å². The largest absolute Gasteiger partial charge is 0.488 e. The first kappa shape index (κ1) is 17.4. The summed E-state index contributed by atoms with van der Waals surface area (Å²) in [5.41, 5.74) is 1.67. The molecule has 0 radical (unpaired) electrons. The maximum atomic E-state index is 9.15. The fraction of sp³-hybridized carbons (Fsp3) is 0.600. The Hall–Kier alpha value is -0.618. The van der Waals surface area contributed by atoms with Gasteiger partial charge in [-0.1, -0.05) is 45.0 Å². The van der Waals surface area contributed by atoms with E-state index in [-0.39, 0.29) is 5.04 Å². The molecular weight excluding hydrogens is 267 g/mol. The number of hydrogen-bond acceptors (Lipinski definition) is 3. The maximum Gasteiger partial charge on any atom is 0.488 e. The molecule has 0 aliphatic carbocycles. The van der Waals surface area contributed by atoms with Crippen LogP contribution in [0.4, 0.5) is 0 Å². The zero-order valence-electron chi connectivity index (χ0n) is 13.3. The molecule has 0 saturated heterocycles. The Labute approximate surface area is 124 Å². The van der Waals surface area contributed by atoms with Gasteiger partial charge in [0, 0.05) is 6.61 Å². The molecule has 0 bridgehead atoms. The first-order valence-corrected chi connectivity index (χ1v) is 10.1. The van der Waals surface area contributed by atoms with E-state index in [1.54, 1.807) is 6.07 Å². The average molecular weight is 294 g/mol. The van der Waals surface area contributed by atoms with Crippen LogP contribution in [0, 0.1) is 0 Å². The Morgan fingerprint density at radius 3 is 2.40 bits per heavy atom. The first-order valence-electron chi connectivity index (χ1n) is 7.22. The van der Waals surface area contributed by atoms with Gasteiger partial charge in [-0.15, -0.1) is 0 Å². The molecule has 112 valence electrons. The second-order valence-electron chi connectivity index (χ2n) is 6.83. The molecule has 3 nitrogen and oxygen atoms in total. The Morgan fingerprint density at radius 2 is 1.85 bits per heavy atom. The van der Waals surface area contributed by atoms with E-state index < -0.39 is 15.4 Å². The summed E-state index contributed by atoms with van der Waals surface area (Å²) in [7, 11) is -3.04. The van der Waals surface area contributed by atoms with E-state index in [2.05, 4.69) is 33.9 Å². The fourth-order valence-electron chi connectivity index (χ4n) is 1.73. The first-order chi connectivity index (χ1) is 9.13. The lowest BCUT2D eigenvalue weighted by molar-refractivity contribution is 0.282. The minimum atomic E-state index is -1.65. The fourth-order valence-corrected chi connectivity index (χ4v) is 2.82. The minimum absolute atomic E-state index is 0.244. The van der Waals surface area contributed by atoms with Gasteiger partial charge in [0.25, 0.3) is 0 Å². The van der Waals surface area contributed by atoms with E-state index in [0.29, 0.717) is 5.46 Å². The molecule has 1 aromatic carbocycles. The van der Waals surface area contributed by atoms with Gasteiger partial charge < -0.3 is 14.5 Å². The van der Waals surface area contributed by atoms with E-state index in [1.165, 1.54) is 0 Å². The number of aryl methyl sites for hydroxylation is 1. The van der Waals surface area contributed by atoms with Gasteiger partial charge >= 0.3 is 7.12 Å². The third kappa shape index (κ3) is 5.05. The standard InChI is InChI=1S/C15H27BO3Si/c1-15(2,3)20(4,5)19-11-7-9-13-8-6-10-14(12-13)16(17)18/h6,8,10,12,17-18H,7,9,11H2,1-5H3. The molecule has 1 aromatic rings. The highest BCUT2D eigenvalue weighted by Crippen LogP contribution is 2.36. The van der Waals surface area contributed by atoms with Crippen molar-refractivity contribution in [1.29, 1.82) is 0 Å². The normalized spacial score (nSPS) is 12.6. The molecule has 0 spiro atoms. The van der Waals surface area contributed by atoms with Gasteiger partial charge in [-0.25, -0.2) is 0 Å². The lowest BCUT2D eigenvalue weighted by Gasteiger charge is -2.36. The summed E-state index contributed by atoms with van der Waals surface area (Å²) in [4.78, 5) is 0. The summed E-state index contributed by atoms with van der Waals surface area (Å²) in [5.74, 6) is 0. The van der Waals surface area contributed by atoms with Crippen LogP contribution in [0.1, 0.15) is 32.8 Å². The zero-order chi connectivity index (χ0) is 15.4. The summed E-state index contributed by atoms with van der Waals surface area (Å²) >= 11 is 0. The highest BCUT2D eigenvalue weighted by Gasteiger charge is 2.36. The van der Waals surface area contributed by atoms with Gasteiger partial charge in [0.1, 0.15) is 0 Å². The average Bonchev–Trinajstić information content (AvgIpc) is 2.33. The molecule has 20 heavy (non-hydrogen) atoms. The summed E-state index contributed by atoms with van der Waals surface area (Å²) in [5, 5.41) is 18.5. The molecule has 0 aliphatic rings. The van der Waals surface area contributed by atoms with Crippen molar-refractivity contribution in [2.75, 3.05) is 6.61 Å². The van der Waals surface area contributed by atoms with Crippen LogP contribution in [0.3, 0.4) is 0 Å². The number of hydrogen-bond donors (Lipinski definition) is 2. The molecule has 0 heterocycles. The second kappa shape index (κ2) is 6.89. The van der Waals surface area contributed by atoms with E-state index in [4.69, 9.17) is 14.5 Å². The smallest absolute Gasteiger partial charge is 0.423 e. The van der Waals surface area contributed by atoms with Crippen molar-refractivity contribution in [2.24, 2.45) is 0 Å². The Morgan fingerprint density at radius 1 is 1.20 bits per heavy atom. The lowest BCUT2D eigenvalue weighted by Crippen LogP contribution is -2.41. The van der Waals surface area contributed by atoms with Crippen LogP contribution in [-0.2, 0) is 10.8 Å². The Bertz CT molecular complexity index is 427. The third-order valence-corrected chi connectivity index (χ3v) is 8.67. The van der Waals surface area contributed by atoms with E-state index in [1.807, 2.05) is 18.2 Å². The van der Waals surface area contributed by atoms with E-state index in [9.17, 15) is 0 Å². The Kier molecular flexibility index (Phi) is 6.01. The van der Waals surface area contributed by atoms with Gasteiger partial charge in [0.15, 0.2) is 8.32 Å². The van der Waals surface area contributed by atoms with Gasteiger partial charge in [-0.05, 0) is 42.0 Å². The van der Waals surface area contributed by atoms with Crippen molar-refractivity contribution >= 4 is 20.9 Å². The molecule has 2 N–H and O–H groups in total. The molecule has 0 aliphatic heterocycles.